The van der Waals surface area contributed by atoms with Gasteiger partial charge in [-0.2, -0.15) is 18.3 Å². The summed E-state index contributed by atoms with van der Waals surface area (Å²) < 4.78 is 83.2. The first-order valence-electron chi connectivity index (χ1n) is 9.99. The monoisotopic (exact) mass is 453 g/mol. The quantitative estimate of drug-likeness (QED) is 0.574. The third-order valence-electron chi connectivity index (χ3n) is 6.06. The fourth-order valence-electron chi connectivity index (χ4n) is 4.65. The first-order chi connectivity index (χ1) is 15.1. The molecule has 10 heteroatoms. The lowest BCUT2D eigenvalue weighted by molar-refractivity contribution is -0.139. The standard InChI is InChI=1S/C22H17F6N3O/c23-11-6-13-12(17(25)7-11)8-19(32)21(13)31-18-3-4-29-9-14(18)20(30-31)10-1-2-16(24)15(5-10)22(26,27)28/h1-2,5-7,19,21,29,32H,3-4,8-9H2/t19-,21?/m1/s1. The van der Waals surface area contributed by atoms with Crippen LogP contribution in [0.15, 0.2) is 30.3 Å². The number of fused-ring (bicyclic) bond motifs is 2. The zero-order chi connectivity index (χ0) is 22.8. The Morgan fingerprint density at radius 3 is 2.56 bits per heavy atom. The molecule has 2 aliphatic rings. The van der Waals surface area contributed by atoms with Gasteiger partial charge in [0.2, 0.25) is 0 Å². The highest BCUT2D eigenvalue weighted by molar-refractivity contribution is 5.66. The lowest BCUT2D eigenvalue weighted by Crippen LogP contribution is -2.29. The van der Waals surface area contributed by atoms with Crippen molar-refractivity contribution in [1.29, 1.82) is 0 Å². The highest BCUT2D eigenvalue weighted by Crippen LogP contribution is 2.41. The van der Waals surface area contributed by atoms with Crippen molar-refractivity contribution in [3.63, 3.8) is 0 Å². The zero-order valence-electron chi connectivity index (χ0n) is 16.5. The molecule has 5 rings (SSSR count). The van der Waals surface area contributed by atoms with E-state index in [0.29, 0.717) is 36.8 Å². The summed E-state index contributed by atoms with van der Waals surface area (Å²) in [5.74, 6) is -2.95. The van der Waals surface area contributed by atoms with Gasteiger partial charge in [-0.05, 0) is 35.4 Å². The molecule has 3 aromatic rings. The molecule has 1 aromatic heterocycles. The lowest BCUT2D eigenvalue weighted by atomic mass is 9.99. The Bertz CT molecular complexity index is 1220. The van der Waals surface area contributed by atoms with Crippen molar-refractivity contribution in [2.75, 3.05) is 6.54 Å². The highest BCUT2D eigenvalue weighted by Gasteiger charge is 2.39. The molecule has 2 N–H and O–H groups in total. The zero-order valence-corrected chi connectivity index (χ0v) is 16.5. The van der Waals surface area contributed by atoms with Crippen LogP contribution < -0.4 is 5.32 Å². The Hall–Kier alpha value is -2.85. The van der Waals surface area contributed by atoms with E-state index in [9.17, 15) is 31.4 Å². The van der Waals surface area contributed by atoms with Crippen LogP contribution in [0.4, 0.5) is 26.3 Å². The molecule has 0 amide bonds. The van der Waals surface area contributed by atoms with Gasteiger partial charge in [0.25, 0.3) is 0 Å². The van der Waals surface area contributed by atoms with E-state index in [1.807, 2.05) is 0 Å². The van der Waals surface area contributed by atoms with E-state index in [4.69, 9.17) is 0 Å². The van der Waals surface area contributed by atoms with E-state index < -0.39 is 41.3 Å². The van der Waals surface area contributed by atoms with Crippen molar-refractivity contribution in [2.24, 2.45) is 0 Å². The fraction of sp³-hybridized carbons (Fsp3) is 0.318. The molecule has 0 spiro atoms. The topological polar surface area (TPSA) is 50.1 Å². The third kappa shape index (κ3) is 3.29. The summed E-state index contributed by atoms with van der Waals surface area (Å²) in [5.41, 5.74) is 0.556. The smallest absolute Gasteiger partial charge is 0.390 e. The number of hydrogen-bond donors (Lipinski definition) is 2. The number of hydrogen-bond acceptors (Lipinski definition) is 3. The second-order valence-corrected chi connectivity index (χ2v) is 8.01. The summed E-state index contributed by atoms with van der Waals surface area (Å²) in [4.78, 5) is 0. The van der Waals surface area contributed by atoms with Gasteiger partial charge in [-0.25, -0.2) is 13.2 Å². The van der Waals surface area contributed by atoms with Gasteiger partial charge in [0.15, 0.2) is 0 Å². The van der Waals surface area contributed by atoms with Crippen molar-refractivity contribution < 1.29 is 31.4 Å². The maximum atomic E-state index is 14.3. The number of aromatic nitrogens is 2. The number of nitrogens with one attached hydrogen (secondary N) is 1. The Balaban J connectivity index is 1.69. The van der Waals surface area contributed by atoms with Gasteiger partial charge >= 0.3 is 6.18 Å². The predicted molar refractivity (Wildman–Crippen MR) is 102 cm³/mol. The molecule has 168 valence electrons. The third-order valence-corrected chi connectivity index (χ3v) is 6.06. The van der Waals surface area contributed by atoms with Crippen molar-refractivity contribution in [3.8, 4) is 11.3 Å². The lowest BCUT2D eigenvalue weighted by Gasteiger charge is -2.22. The number of nitrogens with zero attached hydrogens (tertiary/aromatic N) is 2. The molecule has 0 saturated heterocycles. The molecule has 1 aliphatic carbocycles. The molecule has 2 aromatic carbocycles. The van der Waals surface area contributed by atoms with Gasteiger partial charge in [-0.15, -0.1) is 0 Å². The molecule has 1 unspecified atom stereocenters. The Kier molecular flexibility index (Phi) is 4.82. The van der Waals surface area contributed by atoms with Crippen LogP contribution in [-0.4, -0.2) is 27.5 Å². The summed E-state index contributed by atoms with van der Waals surface area (Å²) in [6.45, 7) is 0.860. The molecule has 32 heavy (non-hydrogen) atoms. The SMILES string of the molecule is O[C@@H]1Cc2c(F)cc(F)cc2C1n1nc(-c2ccc(F)c(C(F)(F)F)c2)c2c1CCNC2. The minimum absolute atomic E-state index is 0.0386. The Morgan fingerprint density at radius 2 is 1.81 bits per heavy atom. The molecule has 0 radical (unpaired) electrons. The van der Waals surface area contributed by atoms with Gasteiger partial charge < -0.3 is 10.4 Å². The van der Waals surface area contributed by atoms with Gasteiger partial charge in [0.1, 0.15) is 23.5 Å². The Morgan fingerprint density at radius 1 is 1.03 bits per heavy atom. The number of aliphatic hydroxyl groups excluding tert-OH is 1. The van der Waals surface area contributed by atoms with Crippen LogP contribution in [0.2, 0.25) is 0 Å². The molecule has 0 bridgehead atoms. The summed E-state index contributed by atoms with van der Waals surface area (Å²) in [5, 5.41) is 18.3. The molecule has 0 fully saturated rings. The first-order valence-corrected chi connectivity index (χ1v) is 9.99. The molecule has 0 saturated carbocycles. The maximum Gasteiger partial charge on any atom is 0.419 e. The molecular weight excluding hydrogens is 436 g/mol. The molecule has 2 atom stereocenters. The van der Waals surface area contributed by atoms with Crippen molar-refractivity contribution in [3.05, 3.63) is 75.7 Å². The average Bonchev–Trinajstić information content (AvgIpc) is 3.25. The first kappa shape index (κ1) is 21.0. The van der Waals surface area contributed by atoms with Crippen LogP contribution in [-0.2, 0) is 25.6 Å². The van der Waals surface area contributed by atoms with Crippen molar-refractivity contribution >= 4 is 0 Å². The highest BCUT2D eigenvalue weighted by atomic mass is 19.4. The molecule has 4 nitrogen and oxygen atoms in total. The van der Waals surface area contributed by atoms with Crippen molar-refractivity contribution in [1.82, 2.24) is 15.1 Å². The van der Waals surface area contributed by atoms with Crippen LogP contribution in [0.5, 0.6) is 0 Å². The van der Waals surface area contributed by atoms with E-state index in [-0.39, 0.29) is 28.8 Å². The van der Waals surface area contributed by atoms with E-state index in [2.05, 4.69) is 10.4 Å². The summed E-state index contributed by atoms with van der Waals surface area (Å²) in [6, 6.07) is 3.66. The second-order valence-electron chi connectivity index (χ2n) is 8.01. The van der Waals surface area contributed by atoms with Crippen LogP contribution in [0.25, 0.3) is 11.3 Å². The minimum Gasteiger partial charge on any atom is -0.390 e. The number of alkyl halides is 3. The molecule has 2 heterocycles. The number of halogens is 6. The average molecular weight is 453 g/mol. The largest absolute Gasteiger partial charge is 0.419 e. The van der Waals surface area contributed by atoms with E-state index in [1.54, 1.807) is 0 Å². The summed E-state index contributed by atoms with van der Waals surface area (Å²) in [6.07, 6.45) is -5.56. The van der Waals surface area contributed by atoms with Gasteiger partial charge in [-0.3, -0.25) is 4.68 Å². The number of aliphatic hydroxyl groups is 1. The number of rotatable bonds is 2. The van der Waals surface area contributed by atoms with E-state index >= 15 is 0 Å². The normalized spacial score (nSPS) is 20.3. The molecule has 1 aliphatic heterocycles. The van der Waals surface area contributed by atoms with Crippen LogP contribution in [0.3, 0.4) is 0 Å². The summed E-state index contributed by atoms with van der Waals surface area (Å²) in [7, 11) is 0. The summed E-state index contributed by atoms with van der Waals surface area (Å²) >= 11 is 0. The van der Waals surface area contributed by atoms with Crippen molar-refractivity contribution in [2.45, 2.75) is 37.7 Å². The minimum atomic E-state index is -4.88. The van der Waals surface area contributed by atoms with Crippen LogP contribution in [0, 0.1) is 17.5 Å². The van der Waals surface area contributed by atoms with Gasteiger partial charge in [0, 0.05) is 48.8 Å². The van der Waals surface area contributed by atoms with Crippen LogP contribution in [0.1, 0.15) is 34.0 Å². The van der Waals surface area contributed by atoms with Crippen LogP contribution >= 0.6 is 0 Å². The van der Waals surface area contributed by atoms with Gasteiger partial charge in [0.05, 0.1) is 17.4 Å². The van der Waals surface area contributed by atoms with Gasteiger partial charge in [-0.1, -0.05) is 0 Å². The maximum absolute atomic E-state index is 14.3. The Labute approximate surface area is 178 Å². The number of benzene rings is 2. The van der Waals surface area contributed by atoms with E-state index in [0.717, 1.165) is 18.2 Å². The second kappa shape index (κ2) is 7.35. The molecular formula is C22H17F6N3O. The fourth-order valence-corrected chi connectivity index (χ4v) is 4.65. The predicted octanol–water partition coefficient (Wildman–Crippen LogP) is 4.14. The van der Waals surface area contributed by atoms with E-state index in [1.165, 1.54) is 10.7 Å².